The molecule has 0 atom stereocenters. The van der Waals surface area contributed by atoms with E-state index < -0.39 is 0 Å². The van der Waals surface area contributed by atoms with Crippen molar-refractivity contribution in [3.8, 4) is 11.4 Å². The van der Waals surface area contributed by atoms with E-state index in [2.05, 4.69) is 112 Å². The fraction of sp³-hybridized carbons (Fsp3) is 0. The number of fused-ring (bicyclic) bond motifs is 10. The lowest BCUT2D eigenvalue weighted by atomic mass is 10.1. The highest BCUT2D eigenvalue weighted by molar-refractivity contribution is 6.22. The van der Waals surface area contributed by atoms with Gasteiger partial charge in [-0.1, -0.05) is 66.7 Å². The van der Waals surface area contributed by atoms with Crippen LogP contribution in [0, 0.1) is 0 Å². The first-order valence-corrected chi connectivity index (χ1v) is 13.2. The number of hydrogen-bond acceptors (Lipinski definition) is 2. The van der Waals surface area contributed by atoms with Gasteiger partial charge in [-0.05, 0) is 54.6 Å². The molecule has 182 valence electrons. The van der Waals surface area contributed by atoms with Gasteiger partial charge in [-0.2, -0.15) is 0 Å². The van der Waals surface area contributed by atoms with Gasteiger partial charge in [-0.3, -0.25) is 4.98 Å². The molecule has 0 N–H and O–H groups in total. The van der Waals surface area contributed by atoms with Gasteiger partial charge in [0.2, 0.25) is 0 Å². The second kappa shape index (κ2) is 7.59. The standard InChI is InChI=1S/C35H21N3O/c1-2-10-22(11-3-1)37-28-15-8-16-29(32(28)33-30(37)17-9-21-36-33)38-27-14-6-4-12-23(27)25-19-20-26-24-13-5-7-18-31(24)39-35(26)34(25)38/h1-21H. The predicted molar refractivity (Wildman–Crippen MR) is 160 cm³/mol. The molecule has 0 fully saturated rings. The topological polar surface area (TPSA) is 35.9 Å². The van der Waals surface area contributed by atoms with E-state index in [1.807, 2.05) is 24.4 Å². The van der Waals surface area contributed by atoms with Gasteiger partial charge in [0.15, 0.2) is 5.58 Å². The smallest absolute Gasteiger partial charge is 0.160 e. The Balaban J connectivity index is 1.52. The largest absolute Gasteiger partial charge is 0.454 e. The molecule has 4 heteroatoms. The number of furan rings is 1. The molecule has 0 bridgehead atoms. The highest BCUT2D eigenvalue weighted by Gasteiger charge is 2.22. The van der Waals surface area contributed by atoms with E-state index in [-0.39, 0.29) is 0 Å². The Bertz CT molecular complexity index is 2390. The number of rotatable bonds is 2. The van der Waals surface area contributed by atoms with Crippen LogP contribution in [0.5, 0.6) is 0 Å². The van der Waals surface area contributed by atoms with Gasteiger partial charge >= 0.3 is 0 Å². The molecule has 9 aromatic rings. The number of para-hydroxylation sites is 3. The summed E-state index contributed by atoms with van der Waals surface area (Å²) < 4.78 is 11.3. The first kappa shape index (κ1) is 20.7. The summed E-state index contributed by atoms with van der Waals surface area (Å²) in [6, 6.07) is 42.6. The maximum absolute atomic E-state index is 6.59. The van der Waals surface area contributed by atoms with Crippen molar-refractivity contribution in [1.82, 2.24) is 14.1 Å². The molecule has 9 rings (SSSR count). The Morgan fingerprint density at radius 1 is 0.513 bits per heavy atom. The molecule has 0 aliphatic heterocycles. The Morgan fingerprint density at radius 3 is 2.18 bits per heavy atom. The SMILES string of the molecule is c1ccc(-n2c3cccnc3c3c(-n4c5ccccc5c5ccc6c7ccccc7oc6c54)cccc32)cc1. The van der Waals surface area contributed by atoms with Gasteiger partial charge in [0, 0.05) is 33.4 Å². The summed E-state index contributed by atoms with van der Waals surface area (Å²) in [4.78, 5) is 4.93. The Labute approximate surface area is 222 Å². The number of benzene rings is 5. The normalized spacial score (nSPS) is 12.1. The van der Waals surface area contributed by atoms with Crippen LogP contribution >= 0.6 is 0 Å². The Morgan fingerprint density at radius 2 is 1.26 bits per heavy atom. The van der Waals surface area contributed by atoms with Crippen molar-refractivity contribution in [2.24, 2.45) is 0 Å². The Hall–Kier alpha value is -5.35. The van der Waals surface area contributed by atoms with Gasteiger partial charge in [0.05, 0.1) is 38.7 Å². The van der Waals surface area contributed by atoms with Crippen molar-refractivity contribution in [2.75, 3.05) is 0 Å². The molecule has 0 radical (unpaired) electrons. The van der Waals surface area contributed by atoms with Crippen molar-refractivity contribution in [3.63, 3.8) is 0 Å². The van der Waals surface area contributed by atoms with Gasteiger partial charge in [0.1, 0.15) is 5.58 Å². The summed E-state index contributed by atoms with van der Waals surface area (Å²) in [6.07, 6.45) is 1.89. The summed E-state index contributed by atoms with van der Waals surface area (Å²) in [6.45, 7) is 0. The van der Waals surface area contributed by atoms with Gasteiger partial charge in [-0.15, -0.1) is 0 Å². The van der Waals surface area contributed by atoms with Crippen LogP contribution in [0.3, 0.4) is 0 Å². The predicted octanol–water partition coefficient (Wildman–Crippen LogP) is 9.18. The van der Waals surface area contributed by atoms with Crippen LogP contribution in [0.25, 0.3) is 77.1 Å². The quantitative estimate of drug-likeness (QED) is 0.238. The van der Waals surface area contributed by atoms with E-state index in [1.54, 1.807) is 0 Å². The van der Waals surface area contributed by atoms with Crippen LogP contribution in [0.1, 0.15) is 0 Å². The lowest BCUT2D eigenvalue weighted by Crippen LogP contribution is -1.96. The minimum absolute atomic E-state index is 0.900. The summed E-state index contributed by atoms with van der Waals surface area (Å²) in [5.74, 6) is 0. The summed E-state index contributed by atoms with van der Waals surface area (Å²) in [5, 5.41) is 5.75. The van der Waals surface area contributed by atoms with E-state index >= 15 is 0 Å². The van der Waals surface area contributed by atoms with Crippen LogP contribution in [-0.2, 0) is 0 Å². The molecule has 0 unspecified atom stereocenters. The summed E-state index contributed by atoms with van der Waals surface area (Å²) in [5.41, 5.74) is 9.41. The third-order valence-electron chi connectivity index (χ3n) is 7.96. The van der Waals surface area contributed by atoms with Crippen molar-refractivity contribution in [2.45, 2.75) is 0 Å². The zero-order chi connectivity index (χ0) is 25.5. The minimum Gasteiger partial charge on any atom is -0.454 e. The molecule has 0 saturated heterocycles. The number of hydrogen-bond donors (Lipinski definition) is 0. The molecule has 0 aliphatic rings. The highest BCUT2D eigenvalue weighted by atomic mass is 16.3. The second-order valence-electron chi connectivity index (χ2n) is 10.0. The maximum Gasteiger partial charge on any atom is 0.160 e. The second-order valence-corrected chi connectivity index (χ2v) is 10.0. The molecule has 0 amide bonds. The van der Waals surface area contributed by atoms with Crippen molar-refractivity contribution < 1.29 is 4.42 Å². The van der Waals surface area contributed by atoms with E-state index in [1.165, 1.54) is 10.8 Å². The van der Waals surface area contributed by atoms with Crippen molar-refractivity contribution in [1.29, 1.82) is 0 Å². The molecule has 0 saturated carbocycles. The first-order chi connectivity index (χ1) is 19.4. The zero-order valence-corrected chi connectivity index (χ0v) is 20.9. The summed E-state index contributed by atoms with van der Waals surface area (Å²) >= 11 is 0. The number of pyridine rings is 1. The molecular weight excluding hydrogens is 478 g/mol. The average Bonchev–Trinajstić information content (AvgIpc) is 3.65. The van der Waals surface area contributed by atoms with Crippen LogP contribution in [-0.4, -0.2) is 14.1 Å². The van der Waals surface area contributed by atoms with Gasteiger partial charge in [0.25, 0.3) is 0 Å². The van der Waals surface area contributed by atoms with E-state index in [9.17, 15) is 0 Å². The monoisotopic (exact) mass is 499 g/mol. The van der Waals surface area contributed by atoms with Gasteiger partial charge in [-0.25, -0.2) is 0 Å². The van der Waals surface area contributed by atoms with Crippen molar-refractivity contribution >= 4 is 65.7 Å². The Kier molecular flexibility index (Phi) is 4.02. The fourth-order valence-corrected chi connectivity index (χ4v) is 6.38. The molecule has 4 aromatic heterocycles. The highest BCUT2D eigenvalue weighted by Crippen LogP contribution is 2.42. The van der Waals surface area contributed by atoms with Crippen LogP contribution in [0.15, 0.2) is 132 Å². The van der Waals surface area contributed by atoms with E-state index in [4.69, 9.17) is 9.40 Å². The van der Waals surface area contributed by atoms with E-state index in [0.717, 1.165) is 66.3 Å². The zero-order valence-electron chi connectivity index (χ0n) is 20.9. The third-order valence-corrected chi connectivity index (χ3v) is 7.96. The van der Waals surface area contributed by atoms with Crippen LogP contribution in [0.2, 0.25) is 0 Å². The molecule has 0 aliphatic carbocycles. The molecular formula is C35H21N3O. The lowest BCUT2D eigenvalue weighted by Gasteiger charge is -2.11. The lowest BCUT2D eigenvalue weighted by molar-refractivity contribution is 0.671. The molecule has 4 nitrogen and oxygen atoms in total. The van der Waals surface area contributed by atoms with Gasteiger partial charge < -0.3 is 13.6 Å². The molecule has 0 spiro atoms. The number of aromatic nitrogens is 3. The minimum atomic E-state index is 0.900. The summed E-state index contributed by atoms with van der Waals surface area (Å²) in [7, 11) is 0. The molecule has 4 heterocycles. The average molecular weight is 500 g/mol. The fourth-order valence-electron chi connectivity index (χ4n) is 6.38. The number of nitrogens with zero attached hydrogens (tertiary/aromatic N) is 3. The van der Waals surface area contributed by atoms with Crippen LogP contribution in [0.4, 0.5) is 0 Å². The molecule has 39 heavy (non-hydrogen) atoms. The maximum atomic E-state index is 6.59. The van der Waals surface area contributed by atoms with E-state index in [0.29, 0.717) is 0 Å². The van der Waals surface area contributed by atoms with Crippen molar-refractivity contribution in [3.05, 3.63) is 128 Å². The third kappa shape index (κ3) is 2.70. The molecule has 5 aromatic carbocycles. The van der Waals surface area contributed by atoms with Crippen LogP contribution < -0.4 is 0 Å². The first-order valence-electron chi connectivity index (χ1n) is 13.2.